The summed E-state index contributed by atoms with van der Waals surface area (Å²) in [6.45, 7) is 1.74. The highest BCUT2D eigenvalue weighted by atomic mass is 32.2. The minimum absolute atomic E-state index is 0.0353. The van der Waals surface area contributed by atoms with Crippen molar-refractivity contribution < 1.29 is 22.7 Å². The van der Waals surface area contributed by atoms with Crippen LogP contribution in [0.25, 0.3) is 5.69 Å². The molecule has 0 saturated carbocycles. The Kier molecular flexibility index (Phi) is 5.23. The molecular weight excluding hydrogens is 415 g/mol. The summed E-state index contributed by atoms with van der Waals surface area (Å²) in [6, 6.07) is 12.5. The fourth-order valence-electron chi connectivity index (χ4n) is 3.52. The third kappa shape index (κ3) is 3.65. The molecule has 5 nitrogen and oxygen atoms in total. The van der Waals surface area contributed by atoms with Crippen molar-refractivity contribution in [3.63, 3.8) is 0 Å². The maximum Gasteiger partial charge on any atom is 0.416 e. The largest absolute Gasteiger partial charge is 0.497 e. The normalized spacial score (nSPS) is 16.6. The van der Waals surface area contributed by atoms with Crippen molar-refractivity contribution in [1.29, 1.82) is 0 Å². The van der Waals surface area contributed by atoms with E-state index in [2.05, 4.69) is 10.4 Å². The molecular formula is C21H18F3N3O2S. The topological polar surface area (TPSA) is 56.1 Å². The summed E-state index contributed by atoms with van der Waals surface area (Å²) in [4.78, 5) is 12.4. The van der Waals surface area contributed by atoms with Crippen LogP contribution in [-0.2, 0) is 11.0 Å². The fraction of sp³-hybridized carbons (Fsp3) is 0.238. The number of aryl methyl sites for hydroxylation is 1. The molecule has 0 radical (unpaired) electrons. The van der Waals surface area contributed by atoms with Crippen LogP contribution in [0.2, 0.25) is 0 Å². The molecule has 0 bridgehead atoms. The molecule has 0 spiro atoms. The lowest BCUT2D eigenvalue weighted by Gasteiger charge is -2.20. The second kappa shape index (κ2) is 7.71. The zero-order valence-electron chi connectivity index (χ0n) is 16.2. The first-order chi connectivity index (χ1) is 14.3. The van der Waals surface area contributed by atoms with Crippen LogP contribution in [-0.4, -0.2) is 28.6 Å². The van der Waals surface area contributed by atoms with Gasteiger partial charge in [-0.05, 0) is 42.8 Å². The Morgan fingerprint density at radius 1 is 1.17 bits per heavy atom. The molecule has 0 saturated heterocycles. The lowest BCUT2D eigenvalue weighted by molar-refractivity contribution is -0.138. The predicted molar refractivity (Wildman–Crippen MR) is 109 cm³/mol. The Morgan fingerprint density at radius 2 is 1.87 bits per heavy atom. The van der Waals surface area contributed by atoms with Gasteiger partial charge in [-0.2, -0.15) is 18.3 Å². The average molecular weight is 433 g/mol. The van der Waals surface area contributed by atoms with Crippen LogP contribution in [0.1, 0.15) is 27.6 Å². The molecule has 1 unspecified atom stereocenters. The van der Waals surface area contributed by atoms with Crippen molar-refractivity contribution in [1.82, 2.24) is 9.78 Å². The van der Waals surface area contributed by atoms with E-state index >= 15 is 0 Å². The second-order valence-electron chi connectivity index (χ2n) is 6.78. The lowest BCUT2D eigenvalue weighted by atomic mass is 9.98. The molecule has 9 heteroatoms. The average Bonchev–Trinajstić information content (AvgIpc) is 2.92. The number of hydrogen-bond acceptors (Lipinski definition) is 4. The van der Waals surface area contributed by atoms with Gasteiger partial charge in [-0.15, -0.1) is 11.8 Å². The van der Waals surface area contributed by atoms with Gasteiger partial charge in [-0.1, -0.05) is 18.2 Å². The van der Waals surface area contributed by atoms with Gasteiger partial charge in [0.2, 0.25) is 5.91 Å². The first kappa shape index (κ1) is 20.3. The van der Waals surface area contributed by atoms with Crippen molar-refractivity contribution in [3.8, 4) is 11.4 Å². The summed E-state index contributed by atoms with van der Waals surface area (Å²) in [5.74, 6) is 0.788. The van der Waals surface area contributed by atoms with Crippen molar-refractivity contribution in [2.24, 2.45) is 0 Å². The van der Waals surface area contributed by atoms with E-state index in [1.54, 1.807) is 49.0 Å². The molecule has 1 N–H and O–H groups in total. The highest BCUT2D eigenvalue weighted by Gasteiger charge is 2.38. The number of fused-ring (bicyclic) bond motifs is 1. The summed E-state index contributed by atoms with van der Waals surface area (Å²) < 4.78 is 47.7. The van der Waals surface area contributed by atoms with E-state index < -0.39 is 17.0 Å². The number of nitrogens with zero attached hydrogens (tertiary/aromatic N) is 2. The molecule has 0 fully saturated rings. The lowest BCUT2D eigenvalue weighted by Crippen LogP contribution is -2.15. The number of alkyl halides is 3. The number of methoxy groups -OCH3 is 1. The number of rotatable bonds is 3. The number of carbonyl (C=O) groups is 1. The molecule has 1 amide bonds. The van der Waals surface area contributed by atoms with Gasteiger partial charge < -0.3 is 10.1 Å². The maximum absolute atomic E-state index is 13.7. The number of halogens is 3. The van der Waals surface area contributed by atoms with Crippen LogP contribution in [0.15, 0.2) is 48.5 Å². The Labute approximate surface area is 175 Å². The van der Waals surface area contributed by atoms with Gasteiger partial charge in [-0.25, -0.2) is 4.68 Å². The van der Waals surface area contributed by atoms with Crippen LogP contribution in [0.4, 0.5) is 19.0 Å². The Bertz CT molecular complexity index is 1090. The summed E-state index contributed by atoms with van der Waals surface area (Å²) >= 11 is 1.16. The molecule has 30 heavy (non-hydrogen) atoms. The van der Waals surface area contributed by atoms with Gasteiger partial charge in [0.1, 0.15) is 11.6 Å². The van der Waals surface area contributed by atoms with Gasteiger partial charge in [-0.3, -0.25) is 4.79 Å². The first-order valence-corrected chi connectivity index (χ1v) is 10.2. The number of benzene rings is 2. The second-order valence-corrected chi connectivity index (χ2v) is 7.88. The molecule has 1 aliphatic heterocycles. The molecule has 0 aliphatic carbocycles. The van der Waals surface area contributed by atoms with E-state index in [-0.39, 0.29) is 17.2 Å². The molecule has 1 atom stereocenters. The summed E-state index contributed by atoms with van der Waals surface area (Å²) in [7, 11) is 1.55. The van der Waals surface area contributed by atoms with E-state index in [9.17, 15) is 18.0 Å². The van der Waals surface area contributed by atoms with Crippen molar-refractivity contribution in [2.75, 3.05) is 18.2 Å². The van der Waals surface area contributed by atoms with Crippen LogP contribution >= 0.6 is 11.8 Å². The molecule has 1 aromatic heterocycles. The number of aromatic nitrogens is 2. The maximum atomic E-state index is 13.7. The van der Waals surface area contributed by atoms with Gasteiger partial charge in [0.05, 0.1) is 35.1 Å². The van der Waals surface area contributed by atoms with Gasteiger partial charge in [0, 0.05) is 5.56 Å². The fourth-order valence-corrected chi connectivity index (χ4v) is 4.75. The van der Waals surface area contributed by atoms with Crippen LogP contribution in [0, 0.1) is 6.92 Å². The Hall–Kier alpha value is -2.94. The van der Waals surface area contributed by atoms with E-state index in [1.807, 2.05) is 0 Å². The number of nitrogens with one attached hydrogen (secondary N) is 1. The van der Waals surface area contributed by atoms with E-state index in [4.69, 9.17) is 4.74 Å². The monoisotopic (exact) mass is 433 g/mol. The first-order valence-electron chi connectivity index (χ1n) is 9.11. The van der Waals surface area contributed by atoms with Crippen LogP contribution in [0.3, 0.4) is 0 Å². The Morgan fingerprint density at radius 3 is 2.53 bits per heavy atom. The Balaban J connectivity index is 1.89. The number of anilines is 1. The minimum atomic E-state index is -4.50. The van der Waals surface area contributed by atoms with Gasteiger partial charge in [0.15, 0.2) is 0 Å². The molecule has 2 aromatic carbocycles. The third-order valence-electron chi connectivity index (χ3n) is 4.87. The number of amides is 1. The highest BCUT2D eigenvalue weighted by molar-refractivity contribution is 8.00. The predicted octanol–water partition coefficient (Wildman–Crippen LogP) is 4.98. The zero-order valence-corrected chi connectivity index (χ0v) is 17.0. The number of thioether (sulfide) groups is 1. The number of hydrogen-bond donors (Lipinski definition) is 1. The standard InChI is InChI=1S/C21H18F3N3O2S/c1-12-18-19(15-5-3-4-6-16(15)21(22,23)24)30-11-17(28)25-20(18)27(26-12)13-7-9-14(29-2)10-8-13/h3-10,19H,11H2,1-2H3,(H,25,28). The molecule has 3 aromatic rings. The van der Waals surface area contributed by atoms with Crippen molar-refractivity contribution in [2.45, 2.75) is 18.3 Å². The molecule has 156 valence electrons. The van der Waals surface area contributed by atoms with Crippen molar-refractivity contribution in [3.05, 3.63) is 70.9 Å². The smallest absolute Gasteiger partial charge is 0.416 e. The van der Waals surface area contributed by atoms with E-state index in [0.717, 1.165) is 17.8 Å². The summed E-state index contributed by atoms with van der Waals surface area (Å²) in [6.07, 6.45) is -4.50. The zero-order chi connectivity index (χ0) is 21.5. The summed E-state index contributed by atoms with van der Waals surface area (Å²) in [5, 5.41) is 6.66. The third-order valence-corrected chi connectivity index (χ3v) is 6.13. The number of ether oxygens (including phenoxy) is 1. The van der Waals surface area contributed by atoms with Crippen LogP contribution in [0.5, 0.6) is 5.75 Å². The quantitative estimate of drug-likeness (QED) is 0.633. The van der Waals surface area contributed by atoms with Crippen molar-refractivity contribution >= 4 is 23.5 Å². The van der Waals surface area contributed by atoms with Gasteiger partial charge in [0.25, 0.3) is 0 Å². The minimum Gasteiger partial charge on any atom is -0.497 e. The number of carbonyl (C=O) groups excluding carboxylic acids is 1. The van der Waals surface area contributed by atoms with E-state index in [0.29, 0.717) is 28.5 Å². The SMILES string of the molecule is COc1ccc(-n2nc(C)c3c2NC(=O)CSC3c2ccccc2C(F)(F)F)cc1. The van der Waals surface area contributed by atoms with E-state index in [1.165, 1.54) is 12.1 Å². The highest BCUT2D eigenvalue weighted by Crippen LogP contribution is 2.47. The molecule has 1 aliphatic rings. The van der Waals surface area contributed by atoms with Crippen LogP contribution < -0.4 is 10.1 Å². The molecule has 2 heterocycles. The summed E-state index contributed by atoms with van der Waals surface area (Å²) in [5.41, 5.74) is 1.19. The van der Waals surface area contributed by atoms with Gasteiger partial charge >= 0.3 is 6.18 Å². The molecule has 4 rings (SSSR count).